The van der Waals surface area contributed by atoms with Gasteiger partial charge in [0.2, 0.25) is 0 Å². The normalized spacial score (nSPS) is 13.4. The van der Waals surface area contributed by atoms with E-state index in [-0.39, 0.29) is 10.3 Å². The SMILES string of the molecule is C[C@H](Sc1ncc(C(F)(F)F)cc1Cl)c1ccnc2ncnn12. The van der Waals surface area contributed by atoms with Crippen LogP contribution in [-0.4, -0.2) is 24.6 Å². The third-order valence-electron chi connectivity index (χ3n) is 3.05. The second kappa shape index (κ2) is 5.97. The minimum Gasteiger partial charge on any atom is -0.248 e. The molecule has 5 nitrogen and oxygen atoms in total. The van der Waals surface area contributed by atoms with E-state index < -0.39 is 11.7 Å². The van der Waals surface area contributed by atoms with Gasteiger partial charge in [0.05, 0.1) is 21.5 Å². The number of hydrogen-bond donors (Lipinski definition) is 0. The van der Waals surface area contributed by atoms with Crippen LogP contribution in [0, 0.1) is 0 Å². The number of nitrogens with zero attached hydrogens (tertiary/aromatic N) is 5. The monoisotopic (exact) mass is 359 g/mol. The van der Waals surface area contributed by atoms with E-state index in [1.165, 1.54) is 18.1 Å². The Hall–Kier alpha value is -1.87. The van der Waals surface area contributed by atoms with Gasteiger partial charge in [0.25, 0.3) is 5.78 Å². The number of rotatable bonds is 3. The van der Waals surface area contributed by atoms with Gasteiger partial charge in [-0.1, -0.05) is 23.4 Å². The van der Waals surface area contributed by atoms with Crippen molar-refractivity contribution in [2.24, 2.45) is 0 Å². The average Bonchev–Trinajstić information content (AvgIpc) is 2.96. The van der Waals surface area contributed by atoms with Crippen molar-refractivity contribution in [1.82, 2.24) is 24.6 Å². The van der Waals surface area contributed by atoms with Gasteiger partial charge in [-0.2, -0.15) is 23.3 Å². The molecular weight excluding hydrogens is 351 g/mol. The summed E-state index contributed by atoms with van der Waals surface area (Å²) in [5, 5.41) is 4.19. The number of halogens is 4. The van der Waals surface area contributed by atoms with Crippen LogP contribution in [0.5, 0.6) is 0 Å². The molecule has 1 atom stereocenters. The molecule has 0 unspecified atom stereocenters. The van der Waals surface area contributed by atoms with Crippen LogP contribution < -0.4 is 0 Å². The Kier molecular flexibility index (Phi) is 4.15. The zero-order chi connectivity index (χ0) is 16.6. The summed E-state index contributed by atoms with van der Waals surface area (Å²) in [6, 6.07) is 2.64. The lowest BCUT2D eigenvalue weighted by molar-refractivity contribution is -0.137. The lowest BCUT2D eigenvalue weighted by atomic mass is 10.3. The molecule has 0 aliphatic rings. The van der Waals surface area contributed by atoms with Gasteiger partial charge in [0.1, 0.15) is 11.4 Å². The smallest absolute Gasteiger partial charge is 0.248 e. The van der Waals surface area contributed by atoms with Crippen LogP contribution in [0.25, 0.3) is 5.78 Å². The third kappa shape index (κ3) is 3.25. The van der Waals surface area contributed by atoms with Crippen LogP contribution in [-0.2, 0) is 6.18 Å². The molecule has 23 heavy (non-hydrogen) atoms. The van der Waals surface area contributed by atoms with Crippen molar-refractivity contribution in [3.63, 3.8) is 0 Å². The highest BCUT2D eigenvalue weighted by Crippen LogP contribution is 2.39. The van der Waals surface area contributed by atoms with Gasteiger partial charge in [-0.05, 0) is 19.1 Å². The first-order valence-corrected chi connectivity index (χ1v) is 7.66. The Balaban J connectivity index is 1.88. The van der Waals surface area contributed by atoms with E-state index >= 15 is 0 Å². The van der Waals surface area contributed by atoms with Gasteiger partial charge in [-0.3, -0.25) is 0 Å². The lowest BCUT2D eigenvalue weighted by Gasteiger charge is -2.14. The van der Waals surface area contributed by atoms with E-state index in [0.29, 0.717) is 10.8 Å². The molecule has 0 N–H and O–H groups in total. The van der Waals surface area contributed by atoms with Crippen molar-refractivity contribution >= 4 is 29.1 Å². The molecule has 0 aliphatic heterocycles. The molecule has 0 saturated carbocycles. The molecule has 120 valence electrons. The molecule has 0 aliphatic carbocycles. The van der Waals surface area contributed by atoms with Crippen LogP contribution in [0.1, 0.15) is 23.4 Å². The maximum atomic E-state index is 12.6. The summed E-state index contributed by atoms with van der Waals surface area (Å²) in [6.45, 7) is 1.87. The summed E-state index contributed by atoms with van der Waals surface area (Å²) >= 11 is 7.17. The molecule has 0 saturated heterocycles. The largest absolute Gasteiger partial charge is 0.417 e. The lowest BCUT2D eigenvalue weighted by Crippen LogP contribution is -2.06. The zero-order valence-electron chi connectivity index (χ0n) is 11.6. The summed E-state index contributed by atoms with van der Waals surface area (Å²) in [6.07, 6.45) is -0.716. The molecule has 3 aromatic rings. The quantitative estimate of drug-likeness (QED) is 0.660. The van der Waals surface area contributed by atoms with Crippen molar-refractivity contribution in [2.45, 2.75) is 23.4 Å². The number of pyridine rings is 1. The number of hydrogen-bond acceptors (Lipinski definition) is 5. The third-order valence-corrected chi connectivity index (χ3v) is 4.59. The highest BCUT2D eigenvalue weighted by molar-refractivity contribution is 7.99. The van der Waals surface area contributed by atoms with Gasteiger partial charge in [0, 0.05) is 12.4 Å². The number of thioether (sulfide) groups is 1. The fraction of sp³-hybridized carbons (Fsp3) is 0.231. The van der Waals surface area contributed by atoms with Crippen LogP contribution in [0.2, 0.25) is 5.02 Å². The van der Waals surface area contributed by atoms with Crippen molar-refractivity contribution in [3.05, 3.63) is 47.1 Å². The topological polar surface area (TPSA) is 56.0 Å². The Bertz CT molecular complexity index is 851. The highest BCUT2D eigenvalue weighted by Gasteiger charge is 2.31. The summed E-state index contributed by atoms with van der Waals surface area (Å²) in [5.41, 5.74) is -0.0858. The maximum absolute atomic E-state index is 12.6. The van der Waals surface area contributed by atoms with Gasteiger partial charge in [-0.25, -0.2) is 14.5 Å². The molecule has 3 rings (SSSR count). The van der Waals surface area contributed by atoms with E-state index in [2.05, 4.69) is 20.1 Å². The fourth-order valence-electron chi connectivity index (χ4n) is 1.96. The fourth-order valence-corrected chi connectivity index (χ4v) is 3.18. The Morgan fingerprint density at radius 3 is 2.74 bits per heavy atom. The first kappa shape index (κ1) is 16.0. The zero-order valence-corrected chi connectivity index (χ0v) is 13.2. The van der Waals surface area contributed by atoms with Crippen LogP contribution in [0.4, 0.5) is 13.2 Å². The molecule has 0 bridgehead atoms. The summed E-state index contributed by atoms with van der Waals surface area (Å²) in [5.74, 6) is 0.446. The molecule has 0 spiro atoms. The summed E-state index contributed by atoms with van der Waals surface area (Å²) < 4.78 is 39.5. The molecule has 0 amide bonds. The standard InChI is InChI=1S/C13H9ClF3N5S/c1-7(10-2-3-18-12-20-6-21-22(10)12)23-11-9(14)4-8(5-19-11)13(15,16)17/h2-7H,1H3/t7-/m0/s1. The highest BCUT2D eigenvalue weighted by atomic mass is 35.5. The minimum atomic E-state index is -4.47. The van der Waals surface area contributed by atoms with Gasteiger partial charge in [-0.15, -0.1) is 0 Å². The van der Waals surface area contributed by atoms with Crippen LogP contribution in [0.15, 0.2) is 35.9 Å². The number of fused-ring (bicyclic) bond motifs is 1. The van der Waals surface area contributed by atoms with E-state index in [0.717, 1.165) is 18.0 Å². The molecule has 0 radical (unpaired) electrons. The summed E-state index contributed by atoms with van der Waals surface area (Å²) in [4.78, 5) is 11.9. The Morgan fingerprint density at radius 1 is 1.26 bits per heavy atom. The minimum absolute atomic E-state index is 0.0411. The van der Waals surface area contributed by atoms with Crippen LogP contribution >= 0.6 is 23.4 Å². The Morgan fingerprint density at radius 2 is 2.04 bits per heavy atom. The van der Waals surface area contributed by atoms with E-state index in [1.54, 1.807) is 16.8 Å². The molecule has 10 heteroatoms. The van der Waals surface area contributed by atoms with E-state index in [1.807, 2.05) is 6.92 Å². The molecule has 3 aromatic heterocycles. The number of aromatic nitrogens is 5. The summed E-state index contributed by atoms with van der Waals surface area (Å²) in [7, 11) is 0. The first-order valence-electron chi connectivity index (χ1n) is 6.40. The van der Waals surface area contributed by atoms with Crippen molar-refractivity contribution < 1.29 is 13.2 Å². The Labute approximate surface area is 137 Å². The first-order chi connectivity index (χ1) is 10.9. The predicted octanol–water partition coefficient (Wildman–Crippen LogP) is 4.04. The molecule has 3 heterocycles. The van der Waals surface area contributed by atoms with Gasteiger partial charge in [0.15, 0.2) is 0 Å². The van der Waals surface area contributed by atoms with E-state index in [4.69, 9.17) is 11.6 Å². The molecular formula is C13H9ClF3N5S. The van der Waals surface area contributed by atoms with Crippen LogP contribution in [0.3, 0.4) is 0 Å². The van der Waals surface area contributed by atoms with Crippen molar-refractivity contribution in [1.29, 1.82) is 0 Å². The second-order valence-electron chi connectivity index (χ2n) is 4.61. The average molecular weight is 360 g/mol. The second-order valence-corrected chi connectivity index (χ2v) is 6.35. The predicted molar refractivity (Wildman–Crippen MR) is 79.3 cm³/mol. The maximum Gasteiger partial charge on any atom is 0.417 e. The number of alkyl halides is 3. The van der Waals surface area contributed by atoms with Gasteiger partial charge >= 0.3 is 6.18 Å². The van der Waals surface area contributed by atoms with E-state index in [9.17, 15) is 13.2 Å². The van der Waals surface area contributed by atoms with Crippen molar-refractivity contribution in [3.8, 4) is 0 Å². The molecule has 0 aromatic carbocycles. The van der Waals surface area contributed by atoms with Gasteiger partial charge < -0.3 is 0 Å². The van der Waals surface area contributed by atoms with Crippen molar-refractivity contribution in [2.75, 3.05) is 0 Å². The molecule has 0 fully saturated rings.